The summed E-state index contributed by atoms with van der Waals surface area (Å²) in [5.41, 5.74) is 0.947. The Balaban J connectivity index is 2.79. The van der Waals surface area contributed by atoms with E-state index in [4.69, 9.17) is 0 Å². The van der Waals surface area contributed by atoms with E-state index in [9.17, 15) is 13.2 Å². The molecule has 1 amide bonds. The van der Waals surface area contributed by atoms with Crippen molar-refractivity contribution in [3.63, 3.8) is 0 Å². The van der Waals surface area contributed by atoms with Crippen LogP contribution in [0.3, 0.4) is 0 Å². The predicted octanol–water partition coefficient (Wildman–Crippen LogP) is 1.77. The lowest BCUT2D eigenvalue weighted by Crippen LogP contribution is -2.41. The van der Waals surface area contributed by atoms with Gasteiger partial charge in [-0.1, -0.05) is 18.9 Å². The number of rotatable bonds is 5. The molecule has 18 heavy (non-hydrogen) atoms. The minimum Gasteiger partial charge on any atom is -0.335 e. The maximum Gasteiger partial charge on any atom is 0.246 e. The normalized spacial score (nSPS) is 21.6. The summed E-state index contributed by atoms with van der Waals surface area (Å²) in [6.07, 6.45) is 4.09. The molecule has 1 saturated heterocycles. The lowest BCUT2D eigenvalue weighted by molar-refractivity contribution is -0.127. The molecule has 1 fully saturated rings. The zero-order valence-corrected chi connectivity index (χ0v) is 12.3. The summed E-state index contributed by atoms with van der Waals surface area (Å²) < 4.78 is 23.0. The van der Waals surface area contributed by atoms with Gasteiger partial charge in [0.2, 0.25) is 5.91 Å². The summed E-state index contributed by atoms with van der Waals surface area (Å²) in [6, 6.07) is -0.135. The zero-order valence-electron chi connectivity index (χ0n) is 11.5. The molecule has 0 N–H and O–H groups in total. The predicted molar refractivity (Wildman–Crippen MR) is 73.1 cm³/mol. The van der Waals surface area contributed by atoms with E-state index < -0.39 is 9.84 Å². The van der Waals surface area contributed by atoms with Gasteiger partial charge in [0.05, 0.1) is 11.5 Å². The van der Waals surface area contributed by atoms with Crippen LogP contribution in [0.2, 0.25) is 0 Å². The third kappa shape index (κ3) is 4.44. The molecule has 0 aromatic carbocycles. The summed E-state index contributed by atoms with van der Waals surface area (Å²) in [6.45, 7) is 6.47. The maximum atomic E-state index is 12.1. The number of allylic oxidation sites excluding steroid dienone is 1. The smallest absolute Gasteiger partial charge is 0.246 e. The van der Waals surface area contributed by atoms with Crippen LogP contribution < -0.4 is 0 Å². The second kappa shape index (κ2) is 6.36. The van der Waals surface area contributed by atoms with Gasteiger partial charge in [0.15, 0.2) is 9.84 Å². The first-order valence-corrected chi connectivity index (χ1v) is 8.34. The van der Waals surface area contributed by atoms with Crippen molar-refractivity contribution in [3.8, 4) is 0 Å². The molecule has 0 aromatic rings. The Morgan fingerprint density at radius 3 is 2.50 bits per heavy atom. The molecule has 0 aromatic heterocycles. The molecule has 4 nitrogen and oxygen atoms in total. The first-order valence-electron chi connectivity index (χ1n) is 6.51. The van der Waals surface area contributed by atoms with Gasteiger partial charge in [0.1, 0.15) is 0 Å². The summed E-state index contributed by atoms with van der Waals surface area (Å²) in [7, 11) is -2.94. The van der Waals surface area contributed by atoms with Crippen molar-refractivity contribution in [1.82, 2.24) is 4.90 Å². The first-order chi connectivity index (χ1) is 8.35. The van der Waals surface area contributed by atoms with E-state index in [0.29, 0.717) is 13.0 Å². The molecule has 1 heterocycles. The summed E-state index contributed by atoms with van der Waals surface area (Å²) in [5, 5.41) is 0. The lowest BCUT2D eigenvalue weighted by Gasteiger charge is -2.27. The van der Waals surface area contributed by atoms with Gasteiger partial charge in [0.25, 0.3) is 0 Å². The molecule has 1 unspecified atom stereocenters. The fraction of sp³-hybridized carbons (Fsp3) is 0.769. The van der Waals surface area contributed by atoms with E-state index in [0.717, 1.165) is 18.4 Å². The van der Waals surface area contributed by atoms with Crippen LogP contribution >= 0.6 is 0 Å². The van der Waals surface area contributed by atoms with Crippen molar-refractivity contribution in [1.29, 1.82) is 0 Å². The number of unbranched alkanes of at least 4 members (excludes halogenated alkanes) is 1. The Bertz CT molecular complexity index is 422. The van der Waals surface area contributed by atoms with E-state index in [1.165, 1.54) is 0 Å². The molecule has 5 heteroatoms. The van der Waals surface area contributed by atoms with Gasteiger partial charge in [-0.25, -0.2) is 8.42 Å². The quantitative estimate of drug-likeness (QED) is 0.717. The van der Waals surface area contributed by atoms with Crippen LogP contribution in [0.5, 0.6) is 0 Å². The van der Waals surface area contributed by atoms with E-state index in [1.807, 2.05) is 13.8 Å². The highest BCUT2D eigenvalue weighted by Crippen LogP contribution is 2.19. The Labute approximate surface area is 110 Å². The van der Waals surface area contributed by atoms with Crippen LogP contribution in [0.4, 0.5) is 0 Å². The largest absolute Gasteiger partial charge is 0.335 e. The van der Waals surface area contributed by atoms with Gasteiger partial charge in [0, 0.05) is 18.7 Å². The highest BCUT2D eigenvalue weighted by atomic mass is 32.2. The van der Waals surface area contributed by atoms with Crippen LogP contribution in [0.25, 0.3) is 0 Å². The number of hydrogen-bond donors (Lipinski definition) is 0. The number of sulfone groups is 1. The van der Waals surface area contributed by atoms with Crippen LogP contribution in [0.15, 0.2) is 11.6 Å². The first kappa shape index (κ1) is 15.2. The van der Waals surface area contributed by atoms with Crippen LogP contribution in [0, 0.1) is 0 Å². The average molecular weight is 273 g/mol. The average Bonchev–Trinajstić information content (AvgIpc) is 2.58. The van der Waals surface area contributed by atoms with E-state index in [2.05, 4.69) is 6.92 Å². The van der Waals surface area contributed by atoms with Crippen LogP contribution in [0.1, 0.15) is 40.0 Å². The van der Waals surface area contributed by atoms with Crippen molar-refractivity contribution < 1.29 is 13.2 Å². The van der Waals surface area contributed by atoms with Crippen LogP contribution in [-0.4, -0.2) is 43.3 Å². The molecule has 104 valence electrons. The van der Waals surface area contributed by atoms with Crippen molar-refractivity contribution in [2.45, 2.75) is 46.1 Å². The van der Waals surface area contributed by atoms with E-state index in [-0.39, 0.29) is 23.5 Å². The molecule has 0 radical (unpaired) electrons. The SMILES string of the molecule is CCCCN(C(=O)C=C(C)C)C1CCS(=O)(=O)C1. The molecule has 0 aliphatic carbocycles. The molecule has 1 atom stereocenters. The third-order valence-electron chi connectivity index (χ3n) is 3.10. The molecular formula is C13H23NO3S. The topological polar surface area (TPSA) is 54.5 Å². The lowest BCUT2D eigenvalue weighted by atomic mass is 10.2. The highest BCUT2D eigenvalue weighted by Gasteiger charge is 2.33. The second-order valence-electron chi connectivity index (χ2n) is 5.16. The van der Waals surface area contributed by atoms with Gasteiger partial charge in [-0.15, -0.1) is 0 Å². The van der Waals surface area contributed by atoms with Crippen molar-refractivity contribution >= 4 is 15.7 Å². The Morgan fingerprint density at radius 2 is 2.06 bits per heavy atom. The standard InChI is InChI=1S/C13H23NO3S/c1-4-5-7-14(13(15)9-11(2)3)12-6-8-18(16,17)10-12/h9,12H,4-8,10H2,1-3H3. The minimum atomic E-state index is -2.94. The Kier molecular flexibility index (Phi) is 5.38. The number of amides is 1. The molecule has 0 saturated carbocycles. The van der Waals surface area contributed by atoms with Crippen molar-refractivity contribution in [2.24, 2.45) is 0 Å². The highest BCUT2D eigenvalue weighted by molar-refractivity contribution is 7.91. The number of carbonyl (C=O) groups excluding carboxylic acids is 1. The molecule has 1 rings (SSSR count). The monoisotopic (exact) mass is 273 g/mol. The fourth-order valence-corrected chi connectivity index (χ4v) is 3.88. The van der Waals surface area contributed by atoms with Gasteiger partial charge < -0.3 is 4.90 Å². The fourth-order valence-electron chi connectivity index (χ4n) is 2.15. The number of nitrogens with zero attached hydrogens (tertiary/aromatic N) is 1. The molecule has 1 aliphatic heterocycles. The van der Waals surface area contributed by atoms with Gasteiger partial charge in [-0.2, -0.15) is 0 Å². The van der Waals surface area contributed by atoms with E-state index >= 15 is 0 Å². The summed E-state index contributed by atoms with van der Waals surface area (Å²) in [4.78, 5) is 13.8. The molecule has 0 spiro atoms. The number of carbonyl (C=O) groups is 1. The van der Waals surface area contributed by atoms with Gasteiger partial charge in [-0.05, 0) is 26.7 Å². The van der Waals surface area contributed by atoms with Gasteiger partial charge in [-0.3, -0.25) is 4.79 Å². The minimum absolute atomic E-state index is 0.0504. The van der Waals surface area contributed by atoms with Gasteiger partial charge >= 0.3 is 0 Å². The third-order valence-corrected chi connectivity index (χ3v) is 4.85. The summed E-state index contributed by atoms with van der Waals surface area (Å²) in [5.74, 6) is 0.284. The Morgan fingerprint density at radius 1 is 1.39 bits per heavy atom. The molecule has 1 aliphatic rings. The van der Waals surface area contributed by atoms with Crippen molar-refractivity contribution in [2.75, 3.05) is 18.1 Å². The second-order valence-corrected chi connectivity index (χ2v) is 7.39. The molecule has 0 bridgehead atoms. The molecular weight excluding hydrogens is 250 g/mol. The zero-order chi connectivity index (χ0) is 13.8. The van der Waals surface area contributed by atoms with Crippen LogP contribution in [-0.2, 0) is 14.6 Å². The number of hydrogen-bond acceptors (Lipinski definition) is 3. The van der Waals surface area contributed by atoms with Crippen molar-refractivity contribution in [3.05, 3.63) is 11.6 Å². The Hall–Kier alpha value is -0.840. The van der Waals surface area contributed by atoms with E-state index in [1.54, 1.807) is 11.0 Å². The summed E-state index contributed by atoms with van der Waals surface area (Å²) >= 11 is 0. The maximum absolute atomic E-state index is 12.1.